The second-order valence-electron chi connectivity index (χ2n) is 2.54. The molecule has 0 aliphatic heterocycles. The van der Waals surface area contributed by atoms with E-state index in [0.29, 0.717) is 5.75 Å². The van der Waals surface area contributed by atoms with Gasteiger partial charge >= 0.3 is 6.09 Å². The van der Waals surface area contributed by atoms with E-state index >= 15 is 0 Å². The first kappa shape index (κ1) is 9.38. The van der Waals surface area contributed by atoms with Gasteiger partial charge in [0, 0.05) is 0 Å². The summed E-state index contributed by atoms with van der Waals surface area (Å²) in [5.41, 5.74) is 5.88. The Balaban J connectivity index is 2.37. The van der Waals surface area contributed by atoms with Gasteiger partial charge in [-0.15, -0.1) is 0 Å². The van der Waals surface area contributed by atoms with Crippen molar-refractivity contribution in [3.8, 4) is 5.75 Å². The van der Waals surface area contributed by atoms with Crippen molar-refractivity contribution in [2.75, 3.05) is 6.79 Å². The summed E-state index contributed by atoms with van der Waals surface area (Å²) in [6.07, 6.45) is -0.841. The Morgan fingerprint density at radius 1 is 1.38 bits per heavy atom. The fourth-order valence-electron chi connectivity index (χ4n) is 0.790. The molecule has 70 valence electrons. The van der Waals surface area contributed by atoms with Gasteiger partial charge in [-0.1, -0.05) is 17.7 Å². The van der Waals surface area contributed by atoms with Crippen LogP contribution in [-0.2, 0) is 4.74 Å². The Hall–Kier alpha value is -1.71. The normalized spacial score (nSPS) is 9.31. The molecule has 0 fully saturated rings. The third kappa shape index (κ3) is 3.46. The summed E-state index contributed by atoms with van der Waals surface area (Å²) in [6, 6.07) is 7.39. The fourth-order valence-corrected chi connectivity index (χ4v) is 0.790. The third-order valence-corrected chi connectivity index (χ3v) is 1.45. The Bertz CT molecular complexity index is 281. The number of carbonyl (C=O) groups is 1. The summed E-state index contributed by atoms with van der Waals surface area (Å²) in [6.45, 7) is 1.82. The number of nitrogens with two attached hydrogens (primary N) is 1. The summed E-state index contributed by atoms with van der Waals surface area (Å²) in [7, 11) is 0. The second-order valence-corrected chi connectivity index (χ2v) is 2.54. The van der Waals surface area contributed by atoms with Gasteiger partial charge in [0.1, 0.15) is 5.75 Å². The van der Waals surface area contributed by atoms with Crippen LogP contribution in [0.4, 0.5) is 4.79 Å². The molecule has 0 saturated heterocycles. The lowest BCUT2D eigenvalue weighted by molar-refractivity contribution is 0.0657. The fraction of sp³-hybridized carbons (Fsp3) is 0.222. The number of carbonyl (C=O) groups excluding carboxylic acids is 1. The van der Waals surface area contributed by atoms with E-state index in [1.54, 1.807) is 12.1 Å². The van der Waals surface area contributed by atoms with Crippen molar-refractivity contribution < 1.29 is 14.3 Å². The molecule has 2 N–H and O–H groups in total. The van der Waals surface area contributed by atoms with Gasteiger partial charge in [0.25, 0.3) is 0 Å². The first-order chi connectivity index (χ1) is 6.18. The number of amides is 1. The van der Waals surface area contributed by atoms with Crippen LogP contribution in [0.15, 0.2) is 24.3 Å². The van der Waals surface area contributed by atoms with Gasteiger partial charge in [-0.05, 0) is 19.1 Å². The van der Waals surface area contributed by atoms with Crippen molar-refractivity contribution in [2.45, 2.75) is 6.92 Å². The summed E-state index contributed by atoms with van der Waals surface area (Å²) >= 11 is 0. The molecule has 0 atom stereocenters. The molecule has 0 aromatic heterocycles. The van der Waals surface area contributed by atoms with Crippen molar-refractivity contribution in [1.82, 2.24) is 0 Å². The molecule has 1 aromatic rings. The van der Waals surface area contributed by atoms with E-state index in [1.165, 1.54) is 0 Å². The summed E-state index contributed by atoms with van der Waals surface area (Å²) < 4.78 is 9.44. The molecule has 4 nitrogen and oxygen atoms in total. The zero-order chi connectivity index (χ0) is 9.68. The van der Waals surface area contributed by atoms with Crippen molar-refractivity contribution >= 4 is 6.09 Å². The van der Waals surface area contributed by atoms with Gasteiger partial charge < -0.3 is 15.2 Å². The standard InChI is InChI=1S/C9H11NO3/c1-7-2-4-8(5-3-7)12-6-13-9(10)11/h2-5H,6H2,1H3,(H2,10,11). The topological polar surface area (TPSA) is 61.6 Å². The van der Waals surface area contributed by atoms with Gasteiger partial charge in [-0.3, -0.25) is 0 Å². The molecule has 0 radical (unpaired) electrons. The number of aryl methyl sites for hydroxylation is 1. The van der Waals surface area contributed by atoms with Crippen LogP contribution in [0.2, 0.25) is 0 Å². The number of ether oxygens (including phenoxy) is 2. The van der Waals surface area contributed by atoms with E-state index < -0.39 is 6.09 Å². The van der Waals surface area contributed by atoms with Crippen LogP contribution in [0.3, 0.4) is 0 Å². The minimum Gasteiger partial charge on any atom is -0.457 e. The summed E-state index contributed by atoms with van der Waals surface area (Å²) in [4.78, 5) is 10.2. The van der Waals surface area contributed by atoms with Crippen molar-refractivity contribution in [1.29, 1.82) is 0 Å². The van der Waals surface area contributed by atoms with E-state index in [4.69, 9.17) is 10.5 Å². The SMILES string of the molecule is Cc1ccc(OCOC(N)=O)cc1. The number of primary amides is 1. The van der Waals surface area contributed by atoms with Crippen LogP contribution in [0.5, 0.6) is 5.75 Å². The quantitative estimate of drug-likeness (QED) is 0.717. The molecule has 13 heavy (non-hydrogen) atoms. The summed E-state index contributed by atoms with van der Waals surface area (Å²) in [5.74, 6) is 0.645. The highest BCUT2D eigenvalue weighted by Gasteiger charge is 1.94. The van der Waals surface area contributed by atoms with E-state index in [2.05, 4.69) is 4.74 Å². The Labute approximate surface area is 76.3 Å². The van der Waals surface area contributed by atoms with Crippen molar-refractivity contribution in [3.05, 3.63) is 29.8 Å². The van der Waals surface area contributed by atoms with Crippen LogP contribution in [0, 0.1) is 6.92 Å². The predicted octanol–water partition coefficient (Wildman–Crippen LogP) is 1.43. The second kappa shape index (κ2) is 4.35. The highest BCUT2D eigenvalue weighted by atomic mass is 16.7. The molecule has 0 aliphatic rings. The van der Waals surface area contributed by atoms with Crippen LogP contribution in [0.1, 0.15) is 5.56 Å². The molecule has 1 aromatic carbocycles. The molecular formula is C9H11NO3. The molecular weight excluding hydrogens is 170 g/mol. The monoisotopic (exact) mass is 181 g/mol. The molecule has 4 heteroatoms. The van der Waals surface area contributed by atoms with Crippen LogP contribution in [0.25, 0.3) is 0 Å². The maximum absolute atomic E-state index is 10.2. The molecule has 0 bridgehead atoms. The average molecular weight is 181 g/mol. The predicted molar refractivity (Wildman–Crippen MR) is 47.3 cm³/mol. The highest BCUT2D eigenvalue weighted by Crippen LogP contribution is 2.10. The number of hydrogen-bond acceptors (Lipinski definition) is 3. The third-order valence-electron chi connectivity index (χ3n) is 1.45. The number of rotatable bonds is 3. The minimum absolute atomic E-state index is 0.154. The lowest BCUT2D eigenvalue weighted by atomic mass is 10.2. The van der Waals surface area contributed by atoms with Gasteiger partial charge in [0.05, 0.1) is 0 Å². The van der Waals surface area contributed by atoms with Crippen molar-refractivity contribution in [3.63, 3.8) is 0 Å². The molecule has 0 saturated carbocycles. The van der Waals surface area contributed by atoms with E-state index in [0.717, 1.165) is 5.56 Å². The lowest BCUT2D eigenvalue weighted by Crippen LogP contribution is -2.16. The van der Waals surface area contributed by atoms with Crippen molar-refractivity contribution in [2.24, 2.45) is 5.73 Å². The van der Waals surface area contributed by atoms with Crippen LogP contribution in [-0.4, -0.2) is 12.9 Å². The largest absolute Gasteiger partial charge is 0.457 e. The molecule has 0 heterocycles. The van der Waals surface area contributed by atoms with Gasteiger partial charge in [-0.2, -0.15) is 0 Å². The van der Waals surface area contributed by atoms with Crippen LogP contribution < -0.4 is 10.5 Å². The zero-order valence-corrected chi connectivity index (χ0v) is 7.32. The number of hydrogen-bond donors (Lipinski definition) is 1. The van der Waals surface area contributed by atoms with Gasteiger partial charge in [0.15, 0.2) is 0 Å². The Morgan fingerprint density at radius 2 is 2.00 bits per heavy atom. The van der Waals surface area contributed by atoms with Crippen LogP contribution >= 0.6 is 0 Å². The molecule has 0 aliphatic carbocycles. The van der Waals surface area contributed by atoms with E-state index in [1.807, 2.05) is 19.1 Å². The smallest absolute Gasteiger partial charge is 0.407 e. The first-order valence-electron chi connectivity index (χ1n) is 3.80. The average Bonchev–Trinajstić information content (AvgIpc) is 2.08. The Morgan fingerprint density at radius 3 is 2.54 bits per heavy atom. The molecule has 0 spiro atoms. The molecule has 1 amide bonds. The van der Waals surface area contributed by atoms with E-state index in [-0.39, 0.29) is 6.79 Å². The number of benzene rings is 1. The zero-order valence-electron chi connectivity index (χ0n) is 7.32. The maximum atomic E-state index is 10.2. The Kier molecular flexibility index (Phi) is 3.14. The van der Waals surface area contributed by atoms with E-state index in [9.17, 15) is 4.79 Å². The summed E-state index contributed by atoms with van der Waals surface area (Å²) in [5, 5.41) is 0. The van der Waals surface area contributed by atoms with Gasteiger partial charge in [0.2, 0.25) is 6.79 Å². The highest BCUT2D eigenvalue weighted by molar-refractivity contribution is 5.64. The molecule has 1 rings (SSSR count). The lowest BCUT2D eigenvalue weighted by Gasteiger charge is -2.04. The maximum Gasteiger partial charge on any atom is 0.407 e. The first-order valence-corrected chi connectivity index (χ1v) is 3.80. The minimum atomic E-state index is -0.841. The molecule has 0 unspecified atom stereocenters. The van der Waals surface area contributed by atoms with Gasteiger partial charge in [-0.25, -0.2) is 4.79 Å².